The lowest BCUT2D eigenvalue weighted by Gasteiger charge is -2.08. The van der Waals surface area contributed by atoms with Crippen molar-refractivity contribution in [1.29, 1.82) is 0 Å². The zero-order valence-corrected chi connectivity index (χ0v) is 12.1. The Bertz CT molecular complexity index is 884. The van der Waals surface area contributed by atoms with Gasteiger partial charge >= 0.3 is 0 Å². The molecule has 0 aliphatic carbocycles. The summed E-state index contributed by atoms with van der Waals surface area (Å²) < 4.78 is 5.29. The molecule has 1 N–H and O–H groups in total. The van der Waals surface area contributed by atoms with E-state index >= 15 is 0 Å². The molecule has 0 saturated carbocycles. The molecule has 0 bridgehead atoms. The maximum Gasteiger partial charge on any atom is 0.259 e. The largest absolute Gasteiger partial charge is 0.496 e. The fourth-order valence-electron chi connectivity index (χ4n) is 2.34. The second-order valence-corrected chi connectivity index (χ2v) is 4.87. The minimum absolute atomic E-state index is 0.177. The van der Waals surface area contributed by atoms with E-state index in [4.69, 9.17) is 4.74 Å². The van der Waals surface area contributed by atoms with Gasteiger partial charge in [-0.05, 0) is 38.1 Å². The first-order valence-corrected chi connectivity index (χ1v) is 6.62. The van der Waals surface area contributed by atoms with Gasteiger partial charge in [0.05, 0.1) is 18.0 Å². The van der Waals surface area contributed by atoms with Crippen LogP contribution in [-0.4, -0.2) is 22.1 Å². The third-order valence-electron chi connectivity index (χ3n) is 3.43. The van der Waals surface area contributed by atoms with E-state index < -0.39 is 0 Å². The fourth-order valence-corrected chi connectivity index (χ4v) is 2.34. The molecule has 0 unspecified atom stereocenters. The number of ether oxygens (including phenoxy) is 1. The Balaban J connectivity index is 2.31. The van der Waals surface area contributed by atoms with Gasteiger partial charge in [-0.15, -0.1) is 0 Å². The minimum Gasteiger partial charge on any atom is -0.496 e. The van der Waals surface area contributed by atoms with Crippen LogP contribution in [0.2, 0.25) is 0 Å². The molecule has 21 heavy (non-hydrogen) atoms. The van der Waals surface area contributed by atoms with Gasteiger partial charge in [-0.2, -0.15) is 0 Å². The topological polar surface area (TPSA) is 67.9 Å². The molecular weight excluding hydrogens is 266 g/mol. The summed E-state index contributed by atoms with van der Waals surface area (Å²) in [6, 6.07) is 9.11. The predicted octanol–water partition coefficient (Wildman–Crippen LogP) is 2.61. The molecular formula is C16H15N3O2. The fraction of sp³-hybridized carbons (Fsp3) is 0.188. The van der Waals surface area contributed by atoms with Gasteiger partial charge in [0.25, 0.3) is 5.56 Å². The van der Waals surface area contributed by atoms with Gasteiger partial charge in [0.2, 0.25) is 0 Å². The summed E-state index contributed by atoms with van der Waals surface area (Å²) in [6.07, 6.45) is 0. The number of hydrogen-bond donors (Lipinski definition) is 1. The first kappa shape index (κ1) is 13.3. The van der Waals surface area contributed by atoms with Crippen LogP contribution in [0.1, 0.15) is 11.3 Å². The van der Waals surface area contributed by atoms with Gasteiger partial charge in [0.1, 0.15) is 11.4 Å². The highest BCUT2D eigenvalue weighted by Crippen LogP contribution is 2.25. The lowest BCUT2D eigenvalue weighted by atomic mass is 10.1. The van der Waals surface area contributed by atoms with Crippen molar-refractivity contribution in [1.82, 2.24) is 15.0 Å². The molecule has 0 amide bonds. The van der Waals surface area contributed by atoms with E-state index in [1.165, 1.54) is 0 Å². The van der Waals surface area contributed by atoms with Crippen LogP contribution in [-0.2, 0) is 0 Å². The number of methoxy groups -OCH3 is 1. The van der Waals surface area contributed by atoms with Crippen molar-refractivity contribution in [2.45, 2.75) is 13.8 Å². The summed E-state index contributed by atoms with van der Waals surface area (Å²) in [5, 5.41) is 0.546. The molecule has 0 aliphatic heterocycles. The van der Waals surface area contributed by atoms with E-state index in [1.54, 1.807) is 19.2 Å². The number of aromatic amines is 1. The molecule has 2 aromatic heterocycles. The molecule has 0 atom stereocenters. The Kier molecular flexibility index (Phi) is 3.17. The van der Waals surface area contributed by atoms with Crippen molar-refractivity contribution in [2.24, 2.45) is 0 Å². The third-order valence-corrected chi connectivity index (χ3v) is 3.43. The molecule has 0 aliphatic rings. The highest BCUT2D eigenvalue weighted by Gasteiger charge is 2.11. The number of hydrogen-bond acceptors (Lipinski definition) is 4. The lowest BCUT2D eigenvalue weighted by Crippen LogP contribution is -2.11. The van der Waals surface area contributed by atoms with Crippen LogP contribution >= 0.6 is 0 Å². The molecule has 0 saturated heterocycles. The monoisotopic (exact) mass is 281 g/mol. The quantitative estimate of drug-likeness (QED) is 0.784. The maximum absolute atomic E-state index is 12.2. The zero-order chi connectivity index (χ0) is 15.0. The second-order valence-electron chi connectivity index (χ2n) is 4.87. The third kappa shape index (κ3) is 2.27. The highest BCUT2D eigenvalue weighted by atomic mass is 16.5. The van der Waals surface area contributed by atoms with Crippen molar-refractivity contribution in [2.75, 3.05) is 7.11 Å². The van der Waals surface area contributed by atoms with E-state index in [0.29, 0.717) is 28.2 Å². The van der Waals surface area contributed by atoms with Gasteiger partial charge < -0.3 is 9.72 Å². The van der Waals surface area contributed by atoms with Crippen LogP contribution in [0.5, 0.6) is 5.75 Å². The summed E-state index contributed by atoms with van der Waals surface area (Å²) in [7, 11) is 1.60. The molecule has 5 nitrogen and oxygen atoms in total. The smallest absolute Gasteiger partial charge is 0.259 e. The summed E-state index contributed by atoms with van der Waals surface area (Å²) in [6.45, 7) is 3.79. The van der Waals surface area contributed by atoms with Crippen LogP contribution in [0.3, 0.4) is 0 Å². The maximum atomic E-state index is 12.2. The average Bonchev–Trinajstić information content (AvgIpc) is 2.48. The molecule has 0 radical (unpaired) electrons. The first-order valence-electron chi connectivity index (χ1n) is 6.62. The van der Waals surface area contributed by atoms with E-state index in [1.807, 2.05) is 32.0 Å². The van der Waals surface area contributed by atoms with E-state index in [-0.39, 0.29) is 5.56 Å². The number of H-pyrrole nitrogens is 1. The Hall–Kier alpha value is -2.69. The number of rotatable bonds is 2. The van der Waals surface area contributed by atoms with Crippen molar-refractivity contribution < 1.29 is 4.74 Å². The Morgan fingerprint density at radius 2 is 1.90 bits per heavy atom. The molecule has 106 valence electrons. The van der Waals surface area contributed by atoms with Crippen LogP contribution in [0.15, 0.2) is 35.1 Å². The van der Waals surface area contributed by atoms with Crippen molar-refractivity contribution in [3.63, 3.8) is 0 Å². The molecule has 3 rings (SSSR count). The standard InChI is InChI=1S/C16H15N3O2/c1-9-5-4-6-12(17-9)15-18-14-10(2)13(21-3)8-7-11(14)16(20)19-15/h4-8H,1-3H3,(H,18,19,20). The Labute approximate surface area is 121 Å². The van der Waals surface area contributed by atoms with Crippen molar-refractivity contribution >= 4 is 10.9 Å². The number of aryl methyl sites for hydroxylation is 2. The predicted molar refractivity (Wildman–Crippen MR) is 81.6 cm³/mol. The second kappa shape index (κ2) is 5.01. The summed E-state index contributed by atoms with van der Waals surface area (Å²) in [5.74, 6) is 1.18. The van der Waals surface area contributed by atoms with Crippen molar-refractivity contribution in [3.05, 3.63) is 51.9 Å². The van der Waals surface area contributed by atoms with Gasteiger partial charge in [0.15, 0.2) is 5.82 Å². The van der Waals surface area contributed by atoms with Crippen LogP contribution in [0, 0.1) is 13.8 Å². The lowest BCUT2D eigenvalue weighted by molar-refractivity contribution is 0.412. The minimum atomic E-state index is -0.177. The van der Waals surface area contributed by atoms with E-state index in [0.717, 1.165) is 11.3 Å². The molecule has 2 heterocycles. The SMILES string of the molecule is COc1ccc2c(=O)[nH]c(-c3cccc(C)n3)nc2c1C. The summed E-state index contributed by atoms with van der Waals surface area (Å²) >= 11 is 0. The normalized spacial score (nSPS) is 10.8. The van der Waals surface area contributed by atoms with Gasteiger partial charge in [-0.1, -0.05) is 6.07 Å². The summed E-state index contributed by atoms with van der Waals surface area (Å²) in [4.78, 5) is 24.0. The van der Waals surface area contributed by atoms with Gasteiger partial charge in [-0.3, -0.25) is 4.79 Å². The molecule has 1 aromatic carbocycles. The molecule has 3 aromatic rings. The highest BCUT2D eigenvalue weighted by molar-refractivity contribution is 5.84. The Morgan fingerprint density at radius 3 is 2.62 bits per heavy atom. The van der Waals surface area contributed by atoms with Crippen LogP contribution < -0.4 is 10.3 Å². The first-order chi connectivity index (χ1) is 10.1. The molecule has 0 fully saturated rings. The zero-order valence-electron chi connectivity index (χ0n) is 12.1. The number of nitrogens with one attached hydrogen (secondary N) is 1. The molecule has 5 heteroatoms. The number of fused-ring (bicyclic) bond motifs is 1. The van der Waals surface area contributed by atoms with Crippen LogP contribution in [0.25, 0.3) is 22.4 Å². The van der Waals surface area contributed by atoms with Gasteiger partial charge in [-0.25, -0.2) is 9.97 Å². The number of pyridine rings is 1. The van der Waals surface area contributed by atoms with Crippen LogP contribution in [0.4, 0.5) is 0 Å². The Morgan fingerprint density at radius 1 is 1.10 bits per heavy atom. The van der Waals surface area contributed by atoms with E-state index in [9.17, 15) is 4.79 Å². The average molecular weight is 281 g/mol. The number of aromatic nitrogens is 3. The number of benzene rings is 1. The van der Waals surface area contributed by atoms with Crippen molar-refractivity contribution in [3.8, 4) is 17.3 Å². The summed E-state index contributed by atoms with van der Waals surface area (Å²) in [5.41, 5.74) is 2.82. The number of nitrogens with zero attached hydrogens (tertiary/aromatic N) is 2. The molecule has 0 spiro atoms. The van der Waals surface area contributed by atoms with E-state index in [2.05, 4.69) is 15.0 Å². The van der Waals surface area contributed by atoms with Gasteiger partial charge in [0, 0.05) is 11.3 Å².